The second kappa shape index (κ2) is 4.91. The monoisotopic (exact) mass is 247 g/mol. The van der Waals surface area contributed by atoms with Crippen LogP contribution in [0.15, 0.2) is 30.0 Å². The van der Waals surface area contributed by atoms with E-state index in [-0.39, 0.29) is 5.70 Å². The van der Waals surface area contributed by atoms with Crippen molar-refractivity contribution >= 4 is 18.1 Å². The number of methoxy groups -OCH3 is 2. The first-order chi connectivity index (χ1) is 8.67. The zero-order chi connectivity index (χ0) is 13.1. The van der Waals surface area contributed by atoms with Gasteiger partial charge in [-0.05, 0) is 17.2 Å². The van der Waals surface area contributed by atoms with Gasteiger partial charge in [-0.1, -0.05) is 24.3 Å². The molecule has 0 spiro atoms. The molecule has 0 radical (unpaired) electrons. The van der Waals surface area contributed by atoms with Gasteiger partial charge in [0.2, 0.25) is 0 Å². The first-order valence-corrected chi connectivity index (χ1v) is 5.40. The predicted molar refractivity (Wildman–Crippen MR) is 64.4 cm³/mol. The zero-order valence-corrected chi connectivity index (χ0v) is 10.2. The van der Waals surface area contributed by atoms with Gasteiger partial charge in [0.05, 0.1) is 20.8 Å². The number of amides is 1. The zero-order valence-electron chi connectivity index (χ0n) is 10.2. The minimum atomic E-state index is -0.582. The van der Waals surface area contributed by atoms with E-state index >= 15 is 0 Å². The van der Waals surface area contributed by atoms with Crippen molar-refractivity contribution in [2.24, 2.45) is 0 Å². The van der Waals surface area contributed by atoms with E-state index in [9.17, 15) is 9.59 Å². The summed E-state index contributed by atoms with van der Waals surface area (Å²) in [7, 11) is 2.55. The quantitative estimate of drug-likeness (QED) is 0.710. The predicted octanol–water partition coefficient (Wildman–Crippen LogP) is 1.78. The number of hydrogen-bond acceptors (Lipinski definition) is 4. The van der Waals surface area contributed by atoms with Gasteiger partial charge in [0.1, 0.15) is 5.70 Å². The molecule has 1 amide bonds. The first-order valence-electron chi connectivity index (χ1n) is 5.40. The Bertz CT molecular complexity index is 521. The van der Waals surface area contributed by atoms with Crippen LogP contribution in [0.5, 0.6) is 0 Å². The Morgan fingerprint density at radius 1 is 1.17 bits per heavy atom. The van der Waals surface area contributed by atoms with Crippen LogP contribution in [0.3, 0.4) is 0 Å². The third kappa shape index (κ3) is 2.07. The Hall–Kier alpha value is -2.30. The molecule has 1 aliphatic heterocycles. The number of ether oxygens (including phenoxy) is 2. The summed E-state index contributed by atoms with van der Waals surface area (Å²) in [5.74, 6) is -0.560. The van der Waals surface area contributed by atoms with Gasteiger partial charge < -0.3 is 9.47 Å². The molecule has 1 aromatic carbocycles. The molecule has 0 N–H and O–H groups in total. The van der Waals surface area contributed by atoms with Gasteiger partial charge in [0.15, 0.2) is 0 Å². The molecule has 0 saturated carbocycles. The maximum absolute atomic E-state index is 11.7. The lowest BCUT2D eigenvalue weighted by molar-refractivity contribution is -0.137. The lowest BCUT2D eigenvalue weighted by atomic mass is 10.0. The third-order valence-electron chi connectivity index (χ3n) is 2.76. The molecule has 0 aliphatic carbocycles. The molecule has 1 heterocycles. The van der Waals surface area contributed by atoms with Gasteiger partial charge >= 0.3 is 12.1 Å². The van der Waals surface area contributed by atoms with Gasteiger partial charge in [0.25, 0.3) is 0 Å². The van der Waals surface area contributed by atoms with E-state index < -0.39 is 12.1 Å². The topological polar surface area (TPSA) is 55.8 Å². The van der Waals surface area contributed by atoms with E-state index in [2.05, 4.69) is 9.47 Å². The van der Waals surface area contributed by atoms with Crippen LogP contribution in [0, 0.1) is 0 Å². The fraction of sp³-hybridized carbons (Fsp3) is 0.231. The molecule has 1 aliphatic rings. The molecule has 0 fully saturated rings. The number of carbonyl (C=O) groups is 2. The number of nitrogens with zero attached hydrogens (tertiary/aromatic N) is 1. The molecule has 0 unspecified atom stereocenters. The average molecular weight is 247 g/mol. The molecule has 18 heavy (non-hydrogen) atoms. The average Bonchev–Trinajstić information content (AvgIpc) is 2.44. The van der Waals surface area contributed by atoms with Crippen LogP contribution >= 0.6 is 0 Å². The molecule has 0 saturated heterocycles. The van der Waals surface area contributed by atoms with Crippen molar-refractivity contribution in [1.29, 1.82) is 0 Å². The van der Waals surface area contributed by atoms with Crippen molar-refractivity contribution in [2.75, 3.05) is 14.2 Å². The molecular weight excluding hydrogens is 234 g/mol. The smallest absolute Gasteiger partial charge is 0.414 e. The Morgan fingerprint density at radius 3 is 2.56 bits per heavy atom. The molecule has 1 aromatic rings. The van der Waals surface area contributed by atoms with E-state index in [1.807, 2.05) is 24.3 Å². The van der Waals surface area contributed by atoms with E-state index in [1.54, 1.807) is 6.08 Å². The summed E-state index contributed by atoms with van der Waals surface area (Å²) in [4.78, 5) is 24.6. The lowest BCUT2D eigenvalue weighted by Crippen LogP contribution is -2.35. The van der Waals surface area contributed by atoms with E-state index in [4.69, 9.17) is 0 Å². The second-order valence-corrected chi connectivity index (χ2v) is 3.78. The van der Waals surface area contributed by atoms with Crippen LogP contribution in [-0.4, -0.2) is 31.2 Å². The largest absolute Gasteiger partial charge is 0.464 e. The van der Waals surface area contributed by atoms with Gasteiger partial charge in [-0.25, -0.2) is 9.59 Å². The minimum absolute atomic E-state index is 0.183. The Labute approximate surface area is 105 Å². The molecule has 0 atom stereocenters. The van der Waals surface area contributed by atoms with Crippen LogP contribution in [0.4, 0.5) is 4.79 Å². The third-order valence-corrected chi connectivity index (χ3v) is 2.76. The molecule has 5 heteroatoms. The van der Waals surface area contributed by atoms with Gasteiger partial charge in [-0.3, -0.25) is 4.90 Å². The van der Waals surface area contributed by atoms with Crippen molar-refractivity contribution in [1.82, 2.24) is 4.90 Å². The highest BCUT2D eigenvalue weighted by Gasteiger charge is 2.29. The number of benzene rings is 1. The summed E-state index contributed by atoms with van der Waals surface area (Å²) >= 11 is 0. The molecule has 94 valence electrons. The Kier molecular flexibility index (Phi) is 3.32. The van der Waals surface area contributed by atoms with Gasteiger partial charge in [0, 0.05) is 0 Å². The van der Waals surface area contributed by atoms with E-state index in [1.165, 1.54) is 19.1 Å². The SMILES string of the molecule is COC(=O)C1=Cc2ccccc2CN1C(=O)OC. The summed E-state index contributed by atoms with van der Waals surface area (Å²) in [6.07, 6.45) is 1.04. The Balaban J connectivity index is 2.45. The van der Waals surface area contributed by atoms with Gasteiger partial charge in [-0.2, -0.15) is 0 Å². The minimum Gasteiger partial charge on any atom is -0.464 e. The van der Waals surface area contributed by atoms with Crippen molar-refractivity contribution < 1.29 is 19.1 Å². The molecular formula is C13H13NO4. The normalized spacial score (nSPS) is 13.4. The molecule has 2 rings (SSSR count). The number of hydrogen-bond donors (Lipinski definition) is 0. The van der Waals surface area contributed by atoms with Crippen molar-refractivity contribution in [3.8, 4) is 0 Å². The standard InChI is InChI=1S/C13H13NO4/c1-17-12(15)11-7-9-5-3-4-6-10(9)8-14(11)13(16)18-2/h3-7H,8H2,1-2H3. The fourth-order valence-electron chi connectivity index (χ4n) is 1.85. The summed E-state index contributed by atoms with van der Waals surface area (Å²) in [5.41, 5.74) is 2.04. The maximum atomic E-state index is 11.7. The van der Waals surface area contributed by atoms with Crippen molar-refractivity contribution in [3.63, 3.8) is 0 Å². The van der Waals surface area contributed by atoms with E-state index in [0.717, 1.165) is 11.1 Å². The van der Waals surface area contributed by atoms with Crippen LogP contribution in [0.2, 0.25) is 0 Å². The second-order valence-electron chi connectivity index (χ2n) is 3.78. The van der Waals surface area contributed by atoms with Crippen LogP contribution in [0.1, 0.15) is 11.1 Å². The number of esters is 1. The van der Waals surface area contributed by atoms with Crippen LogP contribution in [0.25, 0.3) is 6.08 Å². The van der Waals surface area contributed by atoms with E-state index in [0.29, 0.717) is 6.54 Å². The summed E-state index contributed by atoms with van der Waals surface area (Å²) in [5, 5.41) is 0. The van der Waals surface area contributed by atoms with Crippen LogP contribution in [-0.2, 0) is 20.8 Å². The van der Waals surface area contributed by atoms with Crippen molar-refractivity contribution in [2.45, 2.75) is 6.54 Å². The maximum Gasteiger partial charge on any atom is 0.414 e. The fourth-order valence-corrected chi connectivity index (χ4v) is 1.85. The molecule has 0 bridgehead atoms. The highest BCUT2D eigenvalue weighted by Crippen LogP contribution is 2.25. The molecule has 5 nitrogen and oxygen atoms in total. The number of fused-ring (bicyclic) bond motifs is 1. The summed E-state index contributed by atoms with van der Waals surface area (Å²) in [6.45, 7) is 0.295. The summed E-state index contributed by atoms with van der Waals surface area (Å²) < 4.78 is 9.34. The lowest BCUT2D eigenvalue weighted by Gasteiger charge is -2.27. The van der Waals surface area contributed by atoms with Gasteiger partial charge in [-0.15, -0.1) is 0 Å². The number of rotatable bonds is 1. The first kappa shape index (κ1) is 12.2. The highest BCUT2D eigenvalue weighted by atomic mass is 16.5. The number of carbonyl (C=O) groups excluding carboxylic acids is 2. The van der Waals surface area contributed by atoms with Crippen molar-refractivity contribution in [3.05, 3.63) is 41.1 Å². The highest BCUT2D eigenvalue weighted by molar-refractivity contribution is 5.97. The Morgan fingerprint density at radius 2 is 1.89 bits per heavy atom. The van der Waals surface area contributed by atoms with Crippen LogP contribution < -0.4 is 0 Å². The summed E-state index contributed by atoms with van der Waals surface area (Å²) in [6, 6.07) is 7.53. The molecule has 0 aromatic heterocycles.